The molecule has 1 nitrogen and oxygen atoms in total. The van der Waals surface area contributed by atoms with Crippen LogP contribution in [0.2, 0.25) is 5.02 Å². The Hall–Kier alpha value is -0.890. The van der Waals surface area contributed by atoms with Gasteiger partial charge in [-0.25, -0.2) is 4.39 Å². The van der Waals surface area contributed by atoms with Gasteiger partial charge in [0, 0.05) is 11.4 Å². The fourth-order valence-corrected chi connectivity index (χ4v) is 2.07. The summed E-state index contributed by atoms with van der Waals surface area (Å²) in [6.07, 6.45) is 7.15. The summed E-state index contributed by atoms with van der Waals surface area (Å²) in [4.78, 5) is 11.8. The van der Waals surface area contributed by atoms with Gasteiger partial charge in [0.05, 0.1) is 5.56 Å². The van der Waals surface area contributed by atoms with Gasteiger partial charge in [0.25, 0.3) is 0 Å². The molecule has 100 valence electrons. The lowest BCUT2D eigenvalue weighted by atomic mass is 10.0. The topological polar surface area (TPSA) is 17.1 Å². The molecule has 0 spiro atoms. The van der Waals surface area contributed by atoms with E-state index >= 15 is 0 Å². The molecule has 3 heteroatoms. The zero-order chi connectivity index (χ0) is 13.4. The van der Waals surface area contributed by atoms with Crippen molar-refractivity contribution < 1.29 is 9.18 Å². The predicted molar refractivity (Wildman–Crippen MR) is 73.7 cm³/mol. The Balaban J connectivity index is 2.32. The lowest BCUT2D eigenvalue weighted by Gasteiger charge is -2.03. The maximum absolute atomic E-state index is 13.5. The number of hydrogen-bond acceptors (Lipinski definition) is 1. The highest BCUT2D eigenvalue weighted by atomic mass is 35.5. The van der Waals surface area contributed by atoms with Gasteiger partial charge in [0.15, 0.2) is 5.78 Å². The van der Waals surface area contributed by atoms with E-state index < -0.39 is 5.82 Å². The molecule has 0 saturated carbocycles. The van der Waals surface area contributed by atoms with Crippen LogP contribution >= 0.6 is 11.6 Å². The van der Waals surface area contributed by atoms with Gasteiger partial charge < -0.3 is 0 Å². The zero-order valence-corrected chi connectivity index (χ0v) is 11.6. The van der Waals surface area contributed by atoms with Crippen LogP contribution in [0.3, 0.4) is 0 Å². The van der Waals surface area contributed by atoms with Crippen LogP contribution in [0.15, 0.2) is 18.2 Å². The number of benzene rings is 1. The molecule has 0 atom stereocenters. The molecule has 0 aliphatic rings. The summed E-state index contributed by atoms with van der Waals surface area (Å²) in [6.45, 7) is 2.17. The second-order valence-corrected chi connectivity index (χ2v) is 5.00. The summed E-state index contributed by atoms with van der Waals surface area (Å²) < 4.78 is 13.5. The molecule has 0 amide bonds. The van der Waals surface area contributed by atoms with E-state index in [1.54, 1.807) is 6.07 Å². The third-order valence-corrected chi connectivity index (χ3v) is 3.22. The minimum atomic E-state index is -0.515. The molecule has 0 unspecified atom stereocenters. The molecule has 0 aliphatic carbocycles. The van der Waals surface area contributed by atoms with Crippen LogP contribution < -0.4 is 0 Å². The van der Waals surface area contributed by atoms with Crippen molar-refractivity contribution in [1.82, 2.24) is 0 Å². The smallest absolute Gasteiger partial charge is 0.165 e. The summed E-state index contributed by atoms with van der Waals surface area (Å²) in [5, 5.41) is 0.323. The molecule has 0 heterocycles. The number of hydrogen-bond donors (Lipinski definition) is 0. The van der Waals surface area contributed by atoms with Crippen molar-refractivity contribution in [2.24, 2.45) is 0 Å². The number of Topliss-reactive ketones (excluding diaryl/α,β-unsaturated/α-hetero) is 1. The van der Waals surface area contributed by atoms with Crippen molar-refractivity contribution in [2.45, 2.75) is 51.9 Å². The second-order valence-electron chi connectivity index (χ2n) is 4.57. The molecule has 0 saturated heterocycles. The Morgan fingerprint density at radius 1 is 1.17 bits per heavy atom. The minimum Gasteiger partial charge on any atom is -0.294 e. The highest BCUT2D eigenvalue weighted by Gasteiger charge is 2.11. The van der Waals surface area contributed by atoms with Crippen LogP contribution in [-0.4, -0.2) is 5.78 Å². The number of rotatable bonds is 8. The van der Waals surface area contributed by atoms with Crippen molar-refractivity contribution in [3.05, 3.63) is 34.6 Å². The molecule has 1 aromatic rings. The third-order valence-electron chi connectivity index (χ3n) is 2.99. The van der Waals surface area contributed by atoms with E-state index in [4.69, 9.17) is 11.6 Å². The van der Waals surface area contributed by atoms with Gasteiger partial charge in [-0.3, -0.25) is 4.79 Å². The maximum Gasteiger partial charge on any atom is 0.165 e. The molecular formula is C15H20ClFO. The third kappa shape index (κ3) is 5.18. The summed E-state index contributed by atoms with van der Waals surface area (Å²) in [6, 6.07) is 4.21. The standard InChI is InChI=1S/C15H20ClFO/c1-2-3-4-5-6-7-8-15(18)13-10-9-12(16)11-14(13)17/h9-11H,2-8H2,1H3. The Bertz CT molecular complexity index is 390. The molecule has 0 N–H and O–H groups in total. The van der Waals surface area contributed by atoms with Gasteiger partial charge in [0.2, 0.25) is 0 Å². The van der Waals surface area contributed by atoms with Crippen molar-refractivity contribution in [2.75, 3.05) is 0 Å². The quantitative estimate of drug-likeness (QED) is 0.456. The fourth-order valence-electron chi connectivity index (χ4n) is 1.92. The number of halogens is 2. The van der Waals surface area contributed by atoms with Crippen LogP contribution in [0.25, 0.3) is 0 Å². The van der Waals surface area contributed by atoms with Crippen LogP contribution in [0, 0.1) is 5.82 Å². The van der Waals surface area contributed by atoms with E-state index in [1.165, 1.54) is 31.4 Å². The monoisotopic (exact) mass is 270 g/mol. The molecule has 0 bridgehead atoms. The Morgan fingerprint density at radius 2 is 1.83 bits per heavy atom. The normalized spacial score (nSPS) is 10.6. The first-order valence-electron chi connectivity index (χ1n) is 6.63. The summed E-state index contributed by atoms with van der Waals surface area (Å²) in [5.74, 6) is -0.641. The Morgan fingerprint density at radius 3 is 2.50 bits per heavy atom. The molecular weight excluding hydrogens is 251 g/mol. The van der Waals surface area contributed by atoms with Gasteiger partial charge in [0.1, 0.15) is 5.82 Å². The second kappa shape index (κ2) is 8.25. The zero-order valence-electron chi connectivity index (χ0n) is 10.8. The molecule has 0 fully saturated rings. The van der Waals surface area contributed by atoms with E-state index in [9.17, 15) is 9.18 Å². The number of carbonyl (C=O) groups is 1. The summed E-state index contributed by atoms with van der Waals surface area (Å²) in [5.41, 5.74) is 0.160. The predicted octanol–water partition coefficient (Wildman–Crippen LogP) is 5.41. The van der Waals surface area contributed by atoms with Gasteiger partial charge in [-0.15, -0.1) is 0 Å². The van der Waals surface area contributed by atoms with Crippen LogP contribution in [0.1, 0.15) is 62.2 Å². The molecule has 0 aromatic heterocycles. The molecule has 18 heavy (non-hydrogen) atoms. The van der Waals surface area contributed by atoms with Crippen molar-refractivity contribution in [3.8, 4) is 0 Å². The SMILES string of the molecule is CCCCCCCCC(=O)c1ccc(Cl)cc1F. The lowest BCUT2D eigenvalue weighted by Crippen LogP contribution is -2.02. The summed E-state index contributed by atoms with van der Waals surface area (Å²) in [7, 11) is 0. The average Bonchev–Trinajstić information content (AvgIpc) is 2.33. The Labute approximate surface area is 113 Å². The van der Waals surface area contributed by atoms with Crippen molar-refractivity contribution >= 4 is 17.4 Å². The molecule has 0 radical (unpaired) electrons. The van der Waals surface area contributed by atoms with Crippen LogP contribution in [0.4, 0.5) is 4.39 Å². The van der Waals surface area contributed by atoms with Crippen molar-refractivity contribution in [1.29, 1.82) is 0 Å². The van der Waals surface area contributed by atoms with Crippen LogP contribution in [-0.2, 0) is 0 Å². The molecule has 1 aromatic carbocycles. The van der Waals surface area contributed by atoms with E-state index in [-0.39, 0.29) is 11.3 Å². The number of unbranched alkanes of at least 4 members (excludes halogenated alkanes) is 5. The van der Waals surface area contributed by atoms with E-state index in [2.05, 4.69) is 6.92 Å². The van der Waals surface area contributed by atoms with Gasteiger partial charge in [-0.05, 0) is 24.6 Å². The van der Waals surface area contributed by atoms with Crippen LogP contribution in [0.5, 0.6) is 0 Å². The van der Waals surface area contributed by atoms with Crippen molar-refractivity contribution in [3.63, 3.8) is 0 Å². The van der Waals surface area contributed by atoms with E-state index in [0.29, 0.717) is 11.4 Å². The highest BCUT2D eigenvalue weighted by Crippen LogP contribution is 2.17. The first kappa shape index (κ1) is 15.2. The van der Waals surface area contributed by atoms with E-state index in [1.807, 2.05) is 0 Å². The van der Waals surface area contributed by atoms with Gasteiger partial charge in [-0.1, -0.05) is 50.6 Å². The lowest BCUT2D eigenvalue weighted by molar-refractivity contribution is 0.0975. The largest absolute Gasteiger partial charge is 0.294 e. The number of carbonyl (C=O) groups excluding carboxylic acids is 1. The average molecular weight is 271 g/mol. The first-order valence-corrected chi connectivity index (χ1v) is 7.01. The molecule has 0 aliphatic heterocycles. The van der Waals surface area contributed by atoms with Gasteiger partial charge >= 0.3 is 0 Å². The fraction of sp³-hybridized carbons (Fsp3) is 0.533. The van der Waals surface area contributed by atoms with E-state index in [0.717, 1.165) is 19.3 Å². The Kier molecular flexibility index (Phi) is 6.96. The maximum atomic E-state index is 13.5. The number of ketones is 1. The molecule has 1 rings (SSSR count). The first-order chi connectivity index (χ1) is 8.65. The van der Waals surface area contributed by atoms with Gasteiger partial charge in [-0.2, -0.15) is 0 Å². The highest BCUT2D eigenvalue weighted by molar-refractivity contribution is 6.30. The minimum absolute atomic E-state index is 0.125. The summed E-state index contributed by atoms with van der Waals surface area (Å²) >= 11 is 5.65.